The largest absolute Gasteiger partial charge is 0.457 e. The van der Waals surface area contributed by atoms with Gasteiger partial charge in [-0.15, -0.1) is 0 Å². The van der Waals surface area contributed by atoms with E-state index in [-0.39, 0.29) is 0 Å². The highest BCUT2D eigenvalue weighted by Gasteiger charge is 2.01. The van der Waals surface area contributed by atoms with Crippen LogP contribution in [-0.2, 0) is 5.75 Å². The van der Waals surface area contributed by atoms with Gasteiger partial charge in [0.05, 0.1) is 6.26 Å². The predicted molar refractivity (Wildman–Crippen MR) is 52.4 cm³/mol. The normalized spacial score (nSPS) is 10.5. The first kappa shape index (κ1) is 8.83. The molecule has 0 aliphatic rings. The first-order chi connectivity index (χ1) is 6.34. The van der Waals surface area contributed by atoms with Crippen molar-refractivity contribution < 1.29 is 4.42 Å². The summed E-state index contributed by atoms with van der Waals surface area (Å²) < 4.78 is 5.84. The van der Waals surface area contributed by atoms with Crippen LogP contribution in [0.15, 0.2) is 32.9 Å². The molecule has 2 aromatic rings. The number of hydrogen-bond donors (Lipinski definition) is 1. The lowest BCUT2D eigenvalue weighted by atomic mass is 10.4. The zero-order chi connectivity index (χ0) is 9.10. The van der Waals surface area contributed by atoms with Crippen LogP contribution in [0.3, 0.4) is 0 Å². The van der Waals surface area contributed by atoms with Crippen molar-refractivity contribution in [2.24, 2.45) is 0 Å². The summed E-state index contributed by atoms with van der Waals surface area (Å²) in [6.45, 7) is 0. The van der Waals surface area contributed by atoms with Crippen molar-refractivity contribution in [1.29, 1.82) is 0 Å². The molecule has 0 unspecified atom stereocenters. The zero-order valence-electron chi connectivity index (χ0n) is 6.53. The molecule has 0 bridgehead atoms. The van der Waals surface area contributed by atoms with Crippen molar-refractivity contribution in [3.05, 3.63) is 28.9 Å². The summed E-state index contributed by atoms with van der Waals surface area (Å²) in [6, 6.07) is 1.93. The van der Waals surface area contributed by atoms with E-state index < -0.39 is 0 Å². The van der Waals surface area contributed by atoms with Crippen LogP contribution in [0.2, 0.25) is 0 Å². The lowest BCUT2D eigenvalue weighted by Gasteiger charge is -1.91. The fraction of sp³-hybridized carbons (Fsp3) is 0.143. The van der Waals surface area contributed by atoms with E-state index in [0.29, 0.717) is 0 Å². The Hall–Kier alpha value is -0.750. The van der Waals surface area contributed by atoms with Crippen LogP contribution in [0.4, 0.5) is 0 Å². The minimum Gasteiger partial charge on any atom is -0.457 e. The number of hydrogen-bond acceptors (Lipinski definition) is 4. The molecule has 6 heteroatoms. The van der Waals surface area contributed by atoms with Crippen LogP contribution in [0, 0.1) is 0 Å². The molecule has 2 heterocycles. The van der Waals surface area contributed by atoms with Gasteiger partial charge in [-0.05, 0) is 22.0 Å². The quantitative estimate of drug-likeness (QED) is 0.861. The monoisotopic (exact) mass is 259 g/mol. The van der Waals surface area contributed by atoms with Crippen molar-refractivity contribution in [1.82, 2.24) is 15.2 Å². The smallest absolute Gasteiger partial charge is 0.183 e. The van der Waals surface area contributed by atoms with Gasteiger partial charge in [0, 0.05) is 11.3 Å². The number of aromatic nitrogens is 3. The summed E-state index contributed by atoms with van der Waals surface area (Å²) in [4.78, 5) is 3.99. The molecular formula is C7H6BrN3OS. The SMILES string of the molecule is Brc1cc(CSc2ncn[nH]2)co1. The third kappa shape index (κ3) is 2.35. The number of halogens is 1. The second-order valence-electron chi connectivity index (χ2n) is 2.34. The number of thioether (sulfide) groups is 1. The molecule has 0 saturated heterocycles. The van der Waals surface area contributed by atoms with Gasteiger partial charge in [0.1, 0.15) is 6.33 Å². The molecule has 0 aliphatic heterocycles. The van der Waals surface area contributed by atoms with E-state index in [1.807, 2.05) is 6.07 Å². The van der Waals surface area contributed by atoms with E-state index in [2.05, 4.69) is 31.1 Å². The molecule has 2 rings (SSSR count). The molecule has 2 aromatic heterocycles. The van der Waals surface area contributed by atoms with Crippen LogP contribution in [-0.4, -0.2) is 15.2 Å². The summed E-state index contributed by atoms with van der Waals surface area (Å²) in [5, 5.41) is 7.34. The lowest BCUT2D eigenvalue weighted by molar-refractivity contribution is 0.539. The number of nitrogens with one attached hydrogen (secondary N) is 1. The highest BCUT2D eigenvalue weighted by Crippen LogP contribution is 2.21. The summed E-state index contributed by atoms with van der Waals surface area (Å²) in [6.07, 6.45) is 3.21. The molecular weight excluding hydrogens is 254 g/mol. The van der Waals surface area contributed by atoms with Crippen LogP contribution in [0.5, 0.6) is 0 Å². The minimum atomic E-state index is 0.751. The Morgan fingerprint density at radius 1 is 1.62 bits per heavy atom. The van der Waals surface area contributed by atoms with Gasteiger partial charge in [-0.2, -0.15) is 5.10 Å². The van der Waals surface area contributed by atoms with E-state index in [4.69, 9.17) is 4.42 Å². The Morgan fingerprint density at radius 3 is 3.15 bits per heavy atom. The summed E-state index contributed by atoms with van der Waals surface area (Å²) in [5.41, 5.74) is 1.12. The van der Waals surface area contributed by atoms with Gasteiger partial charge in [0.15, 0.2) is 9.83 Å². The van der Waals surface area contributed by atoms with Crippen LogP contribution in [0.1, 0.15) is 5.56 Å². The number of furan rings is 1. The van der Waals surface area contributed by atoms with Crippen molar-refractivity contribution in [3.63, 3.8) is 0 Å². The maximum atomic E-state index is 5.09. The van der Waals surface area contributed by atoms with Crippen molar-refractivity contribution in [3.8, 4) is 0 Å². The molecule has 13 heavy (non-hydrogen) atoms. The fourth-order valence-corrected chi connectivity index (χ4v) is 1.92. The van der Waals surface area contributed by atoms with Gasteiger partial charge < -0.3 is 4.42 Å². The first-order valence-corrected chi connectivity index (χ1v) is 5.33. The number of rotatable bonds is 3. The molecule has 0 atom stereocenters. The van der Waals surface area contributed by atoms with Gasteiger partial charge in [-0.25, -0.2) is 4.98 Å². The summed E-state index contributed by atoms with van der Waals surface area (Å²) >= 11 is 4.82. The van der Waals surface area contributed by atoms with Gasteiger partial charge in [-0.1, -0.05) is 11.8 Å². The second kappa shape index (κ2) is 3.97. The van der Waals surface area contributed by atoms with E-state index in [9.17, 15) is 0 Å². The third-order valence-electron chi connectivity index (χ3n) is 1.39. The van der Waals surface area contributed by atoms with Crippen LogP contribution >= 0.6 is 27.7 Å². The average Bonchev–Trinajstić information content (AvgIpc) is 2.71. The highest BCUT2D eigenvalue weighted by atomic mass is 79.9. The molecule has 4 nitrogen and oxygen atoms in total. The molecule has 68 valence electrons. The van der Waals surface area contributed by atoms with Gasteiger partial charge >= 0.3 is 0 Å². The Kier molecular flexibility index (Phi) is 2.70. The molecule has 1 N–H and O–H groups in total. The maximum Gasteiger partial charge on any atom is 0.183 e. The van der Waals surface area contributed by atoms with E-state index in [1.54, 1.807) is 18.0 Å². The second-order valence-corrected chi connectivity index (χ2v) is 4.08. The molecule has 0 amide bonds. The van der Waals surface area contributed by atoms with Crippen LogP contribution in [0.25, 0.3) is 0 Å². The molecule has 0 spiro atoms. The highest BCUT2D eigenvalue weighted by molar-refractivity contribution is 9.10. The van der Waals surface area contributed by atoms with Gasteiger partial charge in [-0.3, -0.25) is 5.10 Å². The maximum absolute atomic E-state index is 5.09. The summed E-state index contributed by atoms with van der Waals surface area (Å²) in [5.74, 6) is 0.824. The molecule has 0 saturated carbocycles. The first-order valence-electron chi connectivity index (χ1n) is 3.55. The molecule has 0 aliphatic carbocycles. The minimum absolute atomic E-state index is 0.751. The average molecular weight is 260 g/mol. The van der Waals surface area contributed by atoms with E-state index in [0.717, 1.165) is 21.1 Å². The standard InChI is InChI=1S/C7H6BrN3OS/c8-6-1-5(2-12-6)3-13-7-9-4-10-11-7/h1-2,4H,3H2,(H,9,10,11). The molecule has 0 radical (unpaired) electrons. The van der Waals surface area contributed by atoms with Crippen molar-refractivity contribution >= 4 is 27.7 Å². The number of nitrogens with zero attached hydrogens (tertiary/aromatic N) is 2. The Balaban J connectivity index is 1.93. The third-order valence-corrected chi connectivity index (χ3v) is 2.75. The Bertz CT molecular complexity index is 373. The number of H-pyrrole nitrogens is 1. The Labute approximate surface area is 87.3 Å². The summed E-state index contributed by atoms with van der Waals surface area (Å²) in [7, 11) is 0. The van der Waals surface area contributed by atoms with Crippen molar-refractivity contribution in [2.75, 3.05) is 0 Å². The van der Waals surface area contributed by atoms with E-state index >= 15 is 0 Å². The zero-order valence-corrected chi connectivity index (χ0v) is 8.93. The van der Waals surface area contributed by atoms with Gasteiger partial charge in [0.2, 0.25) is 0 Å². The topological polar surface area (TPSA) is 54.7 Å². The van der Waals surface area contributed by atoms with Crippen LogP contribution < -0.4 is 0 Å². The lowest BCUT2D eigenvalue weighted by Crippen LogP contribution is -1.77. The van der Waals surface area contributed by atoms with Gasteiger partial charge in [0.25, 0.3) is 0 Å². The number of aromatic amines is 1. The predicted octanol–water partition coefficient (Wildman–Crippen LogP) is 2.45. The molecule has 0 fully saturated rings. The van der Waals surface area contributed by atoms with Crippen molar-refractivity contribution in [2.45, 2.75) is 10.9 Å². The van der Waals surface area contributed by atoms with E-state index in [1.165, 1.54) is 6.33 Å². The molecule has 0 aromatic carbocycles. The fourth-order valence-electron chi connectivity index (χ4n) is 0.837. The Morgan fingerprint density at radius 2 is 2.54 bits per heavy atom.